The van der Waals surface area contributed by atoms with Gasteiger partial charge in [0.2, 0.25) is 5.95 Å². The standard InChI is InChI=1S/C18H15Cl2N5O3/c1-28-16(26)12-4-2-3-5-15(12)22-18(27)23-17-21-10-25(24-17)9-11-6-7-13(19)14(20)8-11/h2-8,10H,9H2,1H3,(H2,22,23,24,27). The van der Waals surface area contributed by atoms with E-state index in [1.165, 1.54) is 18.1 Å². The van der Waals surface area contributed by atoms with Gasteiger partial charge >= 0.3 is 12.0 Å². The Morgan fingerprint density at radius 1 is 1.11 bits per heavy atom. The van der Waals surface area contributed by atoms with Crippen LogP contribution in [0, 0.1) is 0 Å². The van der Waals surface area contributed by atoms with Gasteiger partial charge in [-0.05, 0) is 29.8 Å². The second-order valence-corrected chi connectivity index (χ2v) is 6.44. The highest BCUT2D eigenvalue weighted by Crippen LogP contribution is 2.23. The van der Waals surface area contributed by atoms with E-state index in [4.69, 9.17) is 27.9 Å². The highest BCUT2D eigenvalue weighted by molar-refractivity contribution is 6.42. The van der Waals surface area contributed by atoms with Crippen LogP contribution < -0.4 is 10.6 Å². The maximum Gasteiger partial charge on any atom is 0.339 e. The lowest BCUT2D eigenvalue weighted by Gasteiger charge is -2.09. The minimum Gasteiger partial charge on any atom is -0.465 e. The first-order valence-electron chi connectivity index (χ1n) is 8.05. The van der Waals surface area contributed by atoms with E-state index in [1.54, 1.807) is 36.4 Å². The average Bonchev–Trinajstić information content (AvgIpc) is 3.11. The van der Waals surface area contributed by atoms with Crippen molar-refractivity contribution in [2.45, 2.75) is 6.54 Å². The van der Waals surface area contributed by atoms with E-state index < -0.39 is 12.0 Å². The second kappa shape index (κ2) is 8.73. The lowest BCUT2D eigenvalue weighted by atomic mass is 10.2. The quantitative estimate of drug-likeness (QED) is 0.607. The molecule has 10 heteroatoms. The molecule has 2 N–H and O–H groups in total. The molecule has 3 rings (SSSR count). The first-order valence-corrected chi connectivity index (χ1v) is 8.80. The molecular weight excluding hydrogens is 405 g/mol. The van der Waals surface area contributed by atoms with Gasteiger partial charge in [0.05, 0.1) is 35.0 Å². The number of aromatic nitrogens is 3. The van der Waals surface area contributed by atoms with E-state index in [2.05, 4.69) is 20.7 Å². The third-order valence-corrected chi connectivity index (χ3v) is 4.41. The summed E-state index contributed by atoms with van der Waals surface area (Å²) in [5, 5.41) is 10.2. The normalized spacial score (nSPS) is 10.4. The van der Waals surface area contributed by atoms with Crippen LogP contribution in [0.15, 0.2) is 48.8 Å². The summed E-state index contributed by atoms with van der Waals surface area (Å²) in [5.74, 6) is -0.451. The van der Waals surface area contributed by atoms with Gasteiger partial charge in [0.15, 0.2) is 0 Å². The number of nitrogens with zero attached hydrogens (tertiary/aromatic N) is 3. The lowest BCUT2D eigenvalue weighted by molar-refractivity contribution is 0.0602. The summed E-state index contributed by atoms with van der Waals surface area (Å²) < 4.78 is 6.24. The van der Waals surface area contributed by atoms with Crippen LogP contribution in [0.2, 0.25) is 10.0 Å². The van der Waals surface area contributed by atoms with Crippen LogP contribution in [0.1, 0.15) is 15.9 Å². The molecule has 0 bridgehead atoms. The number of rotatable bonds is 5. The minimum atomic E-state index is -0.594. The molecule has 3 aromatic rings. The maximum absolute atomic E-state index is 12.2. The number of esters is 1. The molecule has 0 fully saturated rings. The summed E-state index contributed by atoms with van der Waals surface area (Å²) in [6.07, 6.45) is 1.47. The molecule has 2 amide bonds. The Morgan fingerprint density at radius 2 is 1.89 bits per heavy atom. The van der Waals surface area contributed by atoms with Crippen LogP contribution in [0.25, 0.3) is 0 Å². The SMILES string of the molecule is COC(=O)c1ccccc1NC(=O)Nc1ncn(Cc2ccc(Cl)c(Cl)c2)n1. The summed E-state index contributed by atoms with van der Waals surface area (Å²) in [5.41, 5.74) is 1.42. The predicted octanol–water partition coefficient (Wildman–Crippen LogP) is 4.06. The van der Waals surface area contributed by atoms with Crippen molar-refractivity contribution in [1.82, 2.24) is 14.8 Å². The largest absolute Gasteiger partial charge is 0.465 e. The molecule has 8 nitrogen and oxygen atoms in total. The molecule has 0 saturated carbocycles. The fraction of sp³-hybridized carbons (Fsp3) is 0.111. The van der Waals surface area contributed by atoms with Crippen LogP contribution in [0.4, 0.5) is 16.4 Å². The maximum atomic E-state index is 12.2. The summed E-state index contributed by atoms with van der Waals surface area (Å²) >= 11 is 11.9. The molecule has 0 aliphatic rings. The van der Waals surface area contributed by atoms with Gasteiger partial charge in [-0.2, -0.15) is 0 Å². The summed E-state index contributed by atoms with van der Waals surface area (Å²) in [6, 6.07) is 11.1. The number of benzene rings is 2. The number of amides is 2. The van der Waals surface area contributed by atoms with E-state index in [0.29, 0.717) is 22.3 Å². The molecule has 0 spiro atoms. The second-order valence-electron chi connectivity index (χ2n) is 5.63. The van der Waals surface area contributed by atoms with E-state index in [0.717, 1.165) is 5.56 Å². The summed E-state index contributed by atoms with van der Waals surface area (Å²) in [6.45, 7) is 0.401. The minimum absolute atomic E-state index is 0.105. The first-order chi connectivity index (χ1) is 13.5. The van der Waals surface area contributed by atoms with Crippen molar-refractivity contribution >= 4 is 46.8 Å². The topological polar surface area (TPSA) is 98.1 Å². The number of carbonyl (C=O) groups excluding carboxylic acids is 2. The molecule has 1 heterocycles. The Morgan fingerprint density at radius 3 is 2.64 bits per heavy atom. The van der Waals surface area contributed by atoms with Gasteiger partial charge < -0.3 is 10.1 Å². The van der Waals surface area contributed by atoms with Crippen molar-refractivity contribution in [3.63, 3.8) is 0 Å². The molecule has 0 atom stereocenters. The molecule has 2 aromatic carbocycles. The van der Waals surface area contributed by atoms with Gasteiger partial charge in [0, 0.05) is 0 Å². The Hall–Kier alpha value is -3.10. The molecular formula is C18H15Cl2N5O3. The third-order valence-electron chi connectivity index (χ3n) is 3.67. The number of hydrogen-bond acceptors (Lipinski definition) is 5. The Labute approximate surface area is 170 Å². The first kappa shape index (κ1) is 19.7. The van der Waals surface area contributed by atoms with Crippen molar-refractivity contribution in [2.75, 3.05) is 17.7 Å². The monoisotopic (exact) mass is 419 g/mol. The number of hydrogen-bond donors (Lipinski definition) is 2. The van der Waals surface area contributed by atoms with Gasteiger partial charge in [-0.1, -0.05) is 41.4 Å². The molecule has 144 valence electrons. The van der Waals surface area contributed by atoms with Crippen molar-refractivity contribution in [3.05, 3.63) is 70.0 Å². The molecule has 0 saturated heterocycles. The number of carbonyl (C=O) groups is 2. The fourth-order valence-corrected chi connectivity index (χ4v) is 2.71. The zero-order valence-electron chi connectivity index (χ0n) is 14.6. The Kier molecular flexibility index (Phi) is 6.13. The van der Waals surface area contributed by atoms with Gasteiger partial charge in [-0.15, -0.1) is 5.10 Å². The van der Waals surface area contributed by atoms with Crippen molar-refractivity contribution in [3.8, 4) is 0 Å². The smallest absolute Gasteiger partial charge is 0.339 e. The van der Waals surface area contributed by atoms with Gasteiger partial charge in [0.25, 0.3) is 0 Å². The number of para-hydroxylation sites is 1. The summed E-state index contributed by atoms with van der Waals surface area (Å²) in [7, 11) is 1.27. The number of anilines is 2. The molecule has 0 aliphatic carbocycles. The lowest BCUT2D eigenvalue weighted by Crippen LogP contribution is -2.22. The van der Waals surface area contributed by atoms with Crippen LogP contribution in [-0.4, -0.2) is 33.9 Å². The number of urea groups is 1. The van der Waals surface area contributed by atoms with Crippen molar-refractivity contribution in [1.29, 1.82) is 0 Å². The summed E-state index contributed by atoms with van der Waals surface area (Å²) in [4.78, 5) is 28.0. The van der Waals surface area contributed by atoms with Gasteiger partial charge in [0.1, 0.15) is 6.33 Å². The third kappa shape index (κ3) is 4.79. The molecule has 28 heavy (non-hydrogen) atoms. The predicted molar refractivity (Wildman–Crippen MR) is 106 cm³/mol. The zero-order valence-corrected chi connectivity index (χ0v) is 16.2. The van der Waals surface area contributed by atoms with Crippen molar-refractivity contribution < 1.29 is 14.3 Å². The van der Waals surface area contributed by atoms with Gasteiger partial charge in [-0.3, -0.25) is 5.32 Å². The highest BCUT2D eigenvalue weighted by atomic mass is 35.5. The van der Waals surface area contributed by atoms with E-state index in [9.17, 15) is 9.59 Å². The Balaban J connectivity index is 1.64. The van der Waals surface area contributed by atoms with Crippen LogP contribution in [-0.2, 0) is 11.3 Å². The van der Waals surface area contributed by atoms with Crippen LogP contribution in [0.5, 0.6) is 0 Å². The van der Waals surface area contributed by atoms with Crippen LogP contribution in [0.3, 0.4) is 0 Å². The van der Waals surface area contributed by atoms with E-state index in [1.807, 2.05) is 6.07 Å². The highest BCUT2D eigenvalue weighted by Gasteiger charge is 2.14. The van der Waals surface area contributed by atoms with E-state index in [-0.39, 0.29) is 11.5 Å². The molecule has 0 aliphatic heterocycles. The van der Waals surface area contributed by atoms with Crippen LogP contribution >= 0.6 is 23.2 Å². The zero-order chi connectivity index (χ0) is 20.1. The van der Waals surface area contributed by atoms with Gasteiger partial charge in [-0.25, -0.2) is 19.3 Å². The molecule has 0 radical (unpaired) electrons. The number of ether oxygens (including phenoxy) is 1. The van der Waals surface area contributed by atoms with Crippen molar-refractivity contribution in [2.24, 2.45) is 0 Å². The molecule has 0 unspecified atom stereocenters. The number of nitrogens with one attached hydrogen (secondary N) is 2. The van der Waals surface area contributed by atoms with E-state index >= 15 is 0 Å². The molecule has 1 aromatic heterocycles. The number of methoxy groups -OCH3 is 1. The number of halogens is 2. The fourth-order valence-electron chi connectivity index (χ4n) is 2.39. The Bertz CT molecular complexity index is 1020. The average molecular weight is 420 g/mol.